The van der Waals surface area contributed by atoms with Gasteiger partial charge >= 0.3 is 11.7 Å². The molecule has 0 bridgehead atoms. The van der Waals surface area contributed by atoms with E-state index in [1.165, 1.54) is 14.0 Å². The Hall–Kier alpha value is -3.43. The predicted molar refractivity (Wildman–Crippen MR) is 99.4 cm³/mol. The third kappa shape index (κ3) is 4.84. The molecule has 1 heterocycles. The zero-order valence-corrected chi connectivity index (χ0v) is 15.8. The van der Waals surface area contributed by atoms with Gasteiger partial charge in [0, 0.05) is 13.6 Å². The maximum absolute atomic E-state index is 12.4. The van der Waals surface area contributed by atoms with Crippen LogP contribution in [0.1, 0.15) is 28.7 Å². The zero-order chi connectivity index (χ0) is 20.8. The lowest BCUT2D eigenvalue weighted by Crippen LogP contribution is -2.35. The Kier molecular flexibility index (Phi) is 6.69. The molecular weight excluding hydrogens is 368 g/mol. The molecule has 150 valence electrons. The van der Waals surface area contributed by atoms with E-state index in [0.717, 1.165) is 10.2 Å². The van der Waals surface area contributed by atoms with E-state index in [1.807, 2.05) is 6.92 Å². The topological polar surface area (TPSA) is 137 Å². The van der Waals surface area contributed by atoms with Crippen LogP contribution in [-0.4, -0.2) is 44.8 Å². The average Bonchev–Trinajstić information content (AvgIpc) is 2.94. The fourth-order valence-corrected chi connectivity index (χ4v) is 2.84. The van der Waals surface area contributed by atoms with Crippen molar-refractivity contribution in [2.24, 2.45) is 13.0 Å². The van der Waals surface area contributed by atoms with Crippen molar-refractivity contribution in [1.29, 1.82) is 0 Å². The van der Waals surface area contributed by atoms with Crippen molar-refractivity contribution in [3.05, 3.63) is 51.3 Å². The summed E-state index contributed by atoms with van der Waals surface area (Å²) in [6, 6.07) is 7.02. The van der Waals surface area contributed by atoms with E-state index in [9.17, 15) is 24.8 Å². The van der Waals surface area contributed by atoms with Crippen LogP contribution in [-0.2, 0) is 18.3 Å². The van der Waals surface area contributed by atoms with E-state index in [0.29, 0.717) is 12.4 Å². The molecule has 1 unspecified atom stereocenters. The Balaban J connectivity index is 2.08. The first kappa shape index (κ1) is 20.9. The molecule has 10 heteroatoms. The molecule has 1 aromatic heterocycles. The molecule has 0 aliphatic heterocycles. The Morgan fingerprint density at radius 2 is 2.00 bits per heavy atom. The number of nitro groups is 1. The number of rotatable bonds is 9. The second-order valence-electron chi connectivity index (χ2n) is 6.19. The number of amides is 1. The van der Waals surface area contributed by atoms with Crippen LogP contribution in [0.15, 0.2) is 24.3 Å². The summed E-state index contributed by atoms with van der Waals surface area (Å²) in [5.74, 6) is -2.03. The Morgan fingerprint density at radius 3 is 2.54 bits per heavy atom. The maximum atomic E-state index is 12.4. The second-order valence-corrected chi connectivity index (χ2v) is 6.19. The molecule has 0 spiro atoms. The molecule has 0 saturated carbocycles. The number of hydrogen-bond acceptors (Lipinski definition) is 6. The Bertz CT molecular complexity index is 875. The molecule has 28 heavy (non-hydrogen) atoms. The van der Waals surface area contributed by atoms with E-state index in [2.05, 4.69) is 10.4 Å². The van der Waals surface area contributed by atoms with Gasteiger partial charge in [0.1, 0.15) is 11.4 Å². The first-order valence-electron chi connectivity index (χ1n) is 8.65. The molecule has 2 aromatic rings. The molecule has 0 aliphatic carbocycles. The number of carbonyl (C=O) groups excluding carboxylic acids is 1. The van der Waals surface area contributed by atoms with Crippen LogP contribution in [0.2, 0.25) is 0 Å². The van der Waals surface area contributed by atoms with Crippen molar-refractivity contribution in [3.8, 4) is 5.75 Å². The number of aliphatic carboxylic acids is 1. The molecule has 2 N–H and O–H groups in total. The van der Waals surface area contributed by atoms with Gasteiger partial charge < -0.3 is 15.2 Å². The first-order chi connectivity index (χ1) is 13.2. The van der Waals surface area contributed by atoms with Gasteiger partial charge in [0.15, 0.2) is 0 Å². The highest BCUT2D eigenvalue weighted by Crippen LogP contribution is 2.22. The Labute approximate surface area is 161 Å². The van der Waals surface area contributed by atoms with Crippen LogP contribution in [0, 0.1) is 23.0 Å². The molecule has 10 nitrogen and oxygen atoms in total. The summed E-state index contributed by atoms with van der Waals surface area (Å²) in [6.07, 6.45) is 0.189. The first-order valence-corrected chi connectivity index (χ1v) is 8.65. The minimum absolute atomic E-state index is 0.113. The summed E-state index contributed by atoms with van der Waals surface area (Å²) in [6.45, 7) is 3.65. The number of nitrogens with zero attached hydrogens (tertiary/aromatic N) is 3. The fraction of sp³-hybridized carbons (Fsp3) is 0.389. The third-order valence-corrected chi connectivity index (χ3v) is 4.16. The van der Waals surface area contributed by atoms with Crippen molar-refractivity contribution in [2.45, 2.75) is 20.3 Å². The van der Waals surface area contributed by atoms with Crippen LogP contribution < -0.4 is 10.1 Å². The normalized spacial score (nSPS) is 11.7. The molecule has 0 fully saturated rings. The number of benzene rings is 1. The van der Waals surface area contributed by atoms with Gasteiger partial charge in [0.25, 0.3) is 5.91 Å². The number of carboxylic acids is 1. The van der Waals surface area contributed by atoms with Gasteiger partial charge in [0.05, 0.1) is 17.4 Å². The zero-order valence-electron chi connectivity index (χ0n) is 15.8. The maximum Gasteiger partial charge on any atom is 0.322 e. The van der Waals surface area contributed by atoms with Gasteiger partial charge in [-0.3, -0.25) is 24.4 Å². The van der Waals surface area contributed by atoms with Gasteiger partial charge in [0.2, 0.25) is 5.69 Å². The molecule has 1 atom stereocenters. The lowest BCUT2D eigenvalue weighted by molar-refractivity contribution is -0.385. The number of carboxylic acid groups (broad SMARTS) is 1. The third-order valence-electron chi connectivity index (χ3n) is 4.16. The highest BCUT2D eigenvalue weighted by atomic mass is 16.6. The molecule has 0 aliphatic rings. The van der Waals surface area contributed by atoms with Crippen LogP contribution in [0.25, 0.3) is 0 Å². The molecule has 0 radical (unpaired) electrons. The summed E-state index contributed by atoms with van der Waals surface area (Å²) < 4.78 is 6.46. The lowest BCUT2D eigenvalue weighted by Gasteiger charge is -2.14. The van der Waals surface area contributed by atoms with E-state index in [4.69, 9.17) is 4.74 Å². The van der Waals surface area contributed by atoms with Gasteiger partial charge in [-0.1, -0.05) is 12.1 Å². The van der Waals surface area contributed by atoms with Crippen molar-refractivity contribution < 1.29 is 24.4 Å². The van der Waals surface area contributed by atoms with Crippen molar-refractivity contribution in [1.82, 2.24) is 15.1 Å². The monoisotopic (exact) mass is 390 g/mol. The van der Waals surface area contributed by atoms with Crippen molar-refractivity contribution in [3.63, 3.8) is 0 Å². The van der Waals surface area contributed by atoms with Crippen LogP contribution in [0.4, 0.5) is 5.69 Å². The SMILES string of the molecule is CCOc1ccc(CC(CNC(=O)c2c([N+](=O)[O-])c(C)nn2C)C(=O)O)cc1. The molecule has 1 amide bonds. The summed E-state index contributed by atoms with van der Waals surface area (Å²) in [5, 5.41) is 27.0. The number of hydrogen-bond donors (Lipinski definition) is 2. The van der Waals surface area contributed by atoms with Crippen molar-refractivity contribution in [2.75, 3.05) is 13.2 Å². The van der Waals surface area contributed by atoms with Crippen LogP contribution in [0.5, 0.6) is 5.75 Å². The summed E-state index contributed by atoms with van der Waals surface area (Å²) >= 11 is 0. The molecule has 1 aromatic carbocycles. The minimum atomic E-state index is -1.08. The van der Waals surface area contributed by atoms with Gasteiger partial charge in [-0.15, -0.1) is 0 Å². The number of aryl methyl sites for hydroxylation is 2. The predicted octanol–water partition coefficient (Wildman–Crippen LogP) is 1.71. The van der Waals surface area contributed by atoms with E-state index >= 15 is 0 Å². The summed E-state index contributed by atoms with van der Waals surface area (Å²) in [4.78, 5) is 34.5. The van der Waals surface area contributed by atoms with Gasteiger partial charge in [-0.05, 0) is 38.0 Å². The number of aromatic nitrogens is 2. The largest absolute Gasteiger partial charge is 0.494 e. The summed E-state index contributed by atoms with van der Waals surface area (Å²) in [5.41, 5.74) is 0.278. The quantitative estimate of drug-likeness (QED) is 0.491. The lowest BCUT2D eigenvalue weighted by atomic mass is 9.99. The van der Waals surface area contributed by atoms with E-state index in [-0.39, 0.29) is 24.4 Å². The number of ether oxygens (including phenoxy) is 1. The highest BCUT2D eigenvalue weighted by Gasteiger charge is 2.30. The molecule has 2 rings (SSSR count). The standard InChI is InChI=1S/C18H22N4O6/c1-4-28-14-7-5-12(6-8-14)9-13(18(24)25)10-19-17(23)16-15(22(26)27)11(2)20-21(16)3/h5-8,13H,4,9-10H2,1-3H3,(H,19,23)(H,24,25). The summed E-state index contributed by atoms with van der Waals surface area (Å²) in [7, 11) is 1.42. The highest BCUT2D eigenvalue weighted by molar-refractivity contribution is 5.97. The van der Waals surface area contributed by atoms with E-state index < -0.39 is 28.4 Å². The van der Waals surface area contributed by atoms with Crippen LogP contribution >= 0.6 is 0 Å². The number of nitrogens with one attached hydrogen (secondary N) is 1. The van der Waals surface area contributed by atoms with E-state index in [1.54, 1.807) is 24.3 Å². The van der Waals surface area contributed by atoms with Crippen molar-refractivity contribution >= 4 is 17.6 Å². The average molecular weight is 390 g/mol. The Morgan fingerprint density at radius 1 is 1.36 bits per heavy atom. The second kappa shape index (κ2) is 8.98. The molecule has 0 saturated heterocycles. The van der Waals surface area contributed by atoms with Gasteiger partial charge in [-0.2, -0.15) is 5.10 Å². The molecular formula is C18H22N4O6. The van der Waals surface area contributed by atoms with Crippen LogP contribution in [0.3, 0.4) is 0 Å². The minimum Gasteiger partial charge on any atom is -0.494 e. The smallest absolute Gasteiger partial charge is 0.322 e. The van der Waals surface area contributed by atoms with Gasteiger partial charge in [-0.25, -0.2) is 0 Å². The number of carbonyl (C=O) groups is 2. The fourth-order valence-electron chi connectivity index (χ4n) is 2.84.